The summed E-state index contributed by atoms with van der Waals surface area (Å²) in [4.78, 5) is 2.73. The zero-order valence-corrected chi connectivity index (χ0v) is 12.7. The first-order valence-electron chi connectivity index (χ1n) is 6.79. The Morgan fingerprint density at radius 2 is 2.09 bits per heavy atom. The van der Waals surface area contributed by atoms with Gasteiger partial charge in [0.05, 0.1) is 5.52 Å². The van der Waals surface area contributed by atoms with Gasteiger partial charge in [0.1, 0.15) is 5.25 Å². The van der Waals surface area contributed by atoms with E-state index in [1.54, 1.807) is 36.4 Å². The van der Waals surface area contributed by atoms with Crippen LogP contribution in [0.2, 0.25) is 0 Å². The Morgan fingerprint density at radius 3 is 2.82 bits per heavy atom. The van der Waals surface area contributed by atoms with Crippen molar-refractivity contribution in [1.82, 2.24) is 4.98 Å². The highest BCUT2D eigenvalue weighted by Gasteiger charge is 2.23. The third-order valence-electron chi connectivity index (χ3n) is 3.54. The Bertz CT molecular complexity index is 907. The molecule has 0 unspecified atom stereocenters. The zero-order valence-electron chi connectivity index (χ0n) is 11.9. The van der Waals surface area contributed by atoms with Gasteiger partial charge in [-0.1, -0.05) is 46.5 Å². The number of hydrogen-bond donors (Lipinski definition) is 2. The van der Waals surface area contributed by atoms with Gasteiger partial charge in [-0.25, -0.2) is 8.42 Å². The van der Waals surface area contributed by atoms with Crippen molar-refractivity contribution < 1.29 is 13.5 Å². The summed E-state index contributed by atoms with van der Waals surface area (Å²) in [5.41, 5.74) is 1.82. The highest BCUT2D eigenvalue weighted by Crippen LogP contribution is 2.35. The molecule has 0 saturated heterocycles. The fourth-order valence-electron chi connectivity index (χ4n) is 2.30. The van der Waals surface area contributed by atoms with E-state index in [-0.39, 0.29) is 11.6 Å². The Morgan fingerprint density at radius 1 is 1.32 bits per heavy atom. The average Bonchev–Trinajstić information content (AvgIpc) is 2.81. The van der Waals surface area contributed by atoms with Gasteiger partial charge < -0.3 is 10.1 Å². The van der Waals surface area contributed by atoms with E-state index in [2.05, 4.69) is 14.6 Å². The van der Waals surface area contributed by atoms with Gasteiger partial charge in [0.2, 0.25) is 5.88 Å². The number of benzene rings is 1. The SMILES string of the molecule is CC1=CC[C@H](S(=O)(=O)N=Nc2c(O)[nH]c3ccccc23)C=C1. The topological polar surface area (TPSA) is 94.9 Å². The van der Waals surface area contributed by atoms with Crippen LogP contribution in [-0.2, 0) is 10.0 Å². The number of allylic oxidation sites excluding steroid dienone is 3. The lowest BCUT2D eigenvalue weighted by Gasteiger charge is -2.11. The molecule has 1 aromatic heterocycles. The number of para-hydroxylation sites is 1. The second-order valence-electron chi connectivity index (χ2n) is 5.15. The van der Waals surface area contributed by atoms with Crippen LogP contribution in [0.1, 0.15) is 13.3 Å². The van der Waals surface area contributed by atoms with E-state index in [1.165, 1.54) is 0 Å². The lowest BCUT2D eigenvalue weighted by atomic mass is 10.1. The van der Waals surface area contributed by atoms with Crippen LogP contribution >= 0.6 is 0 Å². The predicted octanol–water partition coefficient (Wildman–Crippen LogP) is 3.56. The Labute approximate surface area is 127 Å². The molecule has 1 heterocycles. The third-order valence-corrected chi connectivity index (χ3v) is 4.97. The van der Waals surface area contributed by atoms with Crippen molar-refractivity contribution in [3.8, 4) is 5.88 Å². The lowest BCUT2D eigenvalue weighted by Crippen LogP contribution is -2.17. The minimum Gasteiger partial charge on any atom is -0.493 e. The quantitative estimate of drug-likeness (QED) is 0.847. The Balaban J connectivity index is 1.93. The van der Waals surface area contributed by atoms with Crippen LogP contribution in [0, 0.1) is 0 Å². The maximum atomic E-state index is 12.2. The van der Waals surface area contributed by atoms with Crippen molar-refractivity contribution in [1.29, 1.82) is 0 Å². The smallest absolute Gasteiger partial charge is 0.277 e. The van der Waals surface area contributed by atoms with E-state index >= 15 is 0 Å². The van der Waals surface area contributed by atoms with E-state index in [0.717, 1.165) is 5.57 Å². The molecule has 6 nitrogen and oxygen atoms in total. The molecule has 1 atom stereocenters. The molecule has 0 spiro atoms. The fourth-order valence-corrected chi connectivity index (χ4v) is 3.23. The summed E-state index contributed by atoms with van der Waals surface area (Å²) in [5.74, 6) is -0.199. The molecule has 3 rings (SSSR count). The summed E-state index contributed by atoms with van der Waals surface area (Å²) < 4.78 is 27.9. The summed E-state index contributed by atoms with van der Waals surface area (Å²) in [5, 5.41) is 13.5. The van der Waals surface area contributed by atoms with Gasteiger partial charge in [-0.3, -0.25) is 0 Å². The highest BCUT2D eigenvalue weighted by molar-refractivity contribution is 7.90. The molecule has 1 aliphatic carbocycles. The first-order valence-corrected chi connectivity index (χ1v) is 8.29. The molecule has 0 fully saturated rings. The zero-order chi connectivity index (χ0) is 15.7. The van der Waals surface area contributed by atoms with E-state index in [1.807, 2.05) is 13.0 Å². The molecule has 1 aromatic carbocycles. The summed E-state index contributed by atoms with van der Waals surface area (Å²) in [6, 6.07) is 7.08. The molecule has 22 heavy (non-hydrogen) atoms. The fraction of sp³-hybridized carbons (Fsp3) is 0.200. The second kappa shape index (κ2) is 5.42. The maximum absolute atomic E-state index is 12.2. The molecule has 2 aromatic rings. The number of aromatic amines is 1. The van der Waals surface area contributed by atoms with E-state index in [0.29, 0.717) is 17.3 Å². The first-order chi connectivity index (χ1) is 10.5. The molecule has 0 radical (unpaired) electrons. The first kappa shape index (κ1) is 14.5. The lowest BCUT2D eigenvalue weighted by molar-refractivity contribution is 0.459. The molecule has 0 saturated carbocycles. The van der Waals surface area contributed by atoms with E-state index in [9.17, 15) is 13.5 Å². The minimum atomic E-state index is -3.77. The van der Waals surface area contributed by atoms with E-state index in [4.69, 9.17) is 0 Å². The van der Waals surface area contributed by atoms with Gasteiger partial charge in [-0.05, 0) is 19.4 Å². The minimum absolute atomic E-state index is 0.130. The number of H-pyrrole nitrogens is 1. The summed E-state index contributed by atoms with van der Waals surface area (Å²) in [6.45, 7) is 1.91. The number of fused-ring (bicyclic) bond motifs is 1. The summed E-state index contributed by atoms with van der Waals surface area (Å²) in [6.07, 6.45) is 5.59. The van der Waals surface area contributed by atoms with Gasteiger partial charge in [-0.2, -0.15) is 0 Å². The van der Waals surface area contributed by atoms with E-state index < -0.39 is 15.3 Å². The number of hydrogen-bond acceptors (Lipinski definition) is 4. The number of nitrogens with zero attached hydrogens (tertiary/aromatic N) is 2. The molecule has 0 bridgehead atoms. The molecule has 114 valence electrons. The molecule has 0 aliphatic heterocycles. The van der Waals surface area contributed by atoms with Crippen LogP contribution in [0.3, 0.4) is 0 Å². The van der Waals surface area contributed by atoms with Crippen molar-refractivity contribution in [3.63, 3.8) is 0 Å². The van der Waals surface area contributed by atoms with Crippen LogP contribution in [-0.4, -0.2) is 23.8 Å². The van der Waals surface area contributed by atoms with Crippen LogP contribution in [0.4, 0.5) is 5.69 Å². The molecular weight excluding hydrogens is 302 g/mol. The maximum Gasteiger partial charge on any atom is 0.277 e. The van der Waals surface area contributed by atoms with Crippen LogP contribution in [0.5, 0.6) is 5.88 Å². The number of aromatic nitrogens is 1. The van der Waals surface area contributed by atoms with Crippen molar-refractivity contribution >= 4 is 26.6 Å². The van der Waals surface area contributed by atoms with Crippen LogP contribution in [0.15, 0.2) is 57.7 Å². The monoisotopic (exact) mass is 317 g/mol. The highest BCUT2D eigenvalue weighted by atomic mass is 32.2. The van der Waals surface area contributed by atoms with Gasteiger partial charge >= 0.3 is 0 Å². The van der Waals surface area contributed by atoms with Gasteiger partial charge in [0.25, 0.3) is 10.0 Å². The van der Waals surface area contributed by atoms with Crippen LogP contribution in [0.25, 0.3) is 10.9 Å². The van der Waals surface area contributed by atoms with Crippen LogP contribution < -0.4 is 0 Å². The molecule has 2 N–H and O–H groups in total. The summed E-state index contributed by atoms with van der Waals surface area (Å²) in [7, 11) is -3.77. The number of aromatic hydroxyl groups is 1. The predicted molar refractivity (Wildman–Crippen MR) is 84.7 cm³/mol. The molecule has 0 amide bonds. The standard InChI is InChI=1S/C15H15N3O3S/c1-10-6-8-11(9-7-10)22(20,21)18-17-14-12-4-2-3-5-13(12)16-15(14)19/h2-8,11,16,19H,9H2,1H3/t11-/m1/s1. The Hall–Kier alpha value is -2.41. The summed E-state index contributed by atoms with van der Waals surface area (Å²) >= 11 is 0. The molecule has 7 heteroatoms. The number of sulfonamides is 1. The van der Waals surface area contributed by atoms with Gasteiger partial charge in [-0.15, -0.1) is 5.11 Å². The third kappa shape index (κ3) is 2.67. The van der Waals surface area contributed by atoms with Crippen molar-refractivity contribution in [3.05, 3.63) is 48.1 Å². The van der Waals surface area contributed by atoms with Crippen molar-refractivity contribution in [2.75, 3.05) is 0 Å². The number of rotatable bonds is 3. The number of nitrogens with one attached hydrogen (secondary N) is 1. The van der Waals surface area contributed by atoms with Crippen molar-refractivity contribution in [2.45, 2.75) is 18.6 Å². The second-order valence-corrected chi connectivity index (χ2v) is 6.94. The Kier molecular flexibility index (Phi) is 3.58. The molecular formula is C15H15N3O3S. The normalized spacial score (nSPS) is 19.0. The largest absolute Gasteiger partial charge is 0.493 e. The van der Waals surface area contributed by atoms with Gasteiger partial charge in [0.15, 0.2) is 5.69 Å². The van der Waals surface area contributed by atoms with Crippen molar-refractivity contribution in [2.24, 2.45) is 9.63 Å². The average molecular weight is 317 g/mol. The molecule has 1 aliphatic rings. The van der Waals surface area contributed by atoms with Gasteiger partial charge in [0, 0.05) is 5.39 Å².